The number of anilines is 1. The summed E-state index contributed by atoms with van der Waals surface area (Å²) < 4.78 is 13.2. The summed E-state index contributed by atoms with van der Waals surface area (Å²) >= 11 is 3.61. The summed E-state index contributed by atoms with van der Waals surface area (Å²) in [6.45, 7) is 0.544. The van der Waals surface area contributed by atoms with Gasteiger partial charge in [0.2, 0.25) is 0 Å². The molecule has 0 bridgehead atoms. The zero-order valence-electron chi connectivity index (χ0n) is 21.8. The van der Waals surface area contributed by atoms with E-state index < -0.39 is 0 Å². The van der Waals surface area contributed by atoms with Gasteiger partial charge >= 0.3 is 6.03 Å². The van der Waals surface area contributed by atoms with Gasteiger partial charge in [-0.2, -0.15) is 0 Å². The number of carbonyl (C=O) groups excluding carboxylic acids is 1. The van der Waals surface area contributed by atoms with Crippen molar-refractivity contribution in [3.05, 3.63) is 88.1 Å². The van der Waals surface area contributed by atoms with E-state index in [2.05, 4.69) is 58.7 Å². The number of fused-ring (bicyclic) bond motifs is 5. The number of carbonyl (C=O) groups is 1. The number of hydrogen-bond donors (Lipinski definition) is 1. The smallest absolute Gasteiger partial charge is 0.323 e. The lowest BCUT2D eigenvalue weighted by molar-refractivity contribution is 0.194. The fourth-order valence-electron chi connectivity index (χ4n) is 5.61. The van der Waals surface area contributed by atoms with E-state index >= 15 is 0 Å². The van der Waals surface area contributed by atoms with Crippen molar-refractivity contribution in [1.82, 2.24) is 9.47 Å². The van der Waals surface area contributed by atoms with E-state index in [9.17, 15) is 4.79 Å². The van der Waals surface area contributed by atoms with Gasteiger partial charge in [0.05, 0.1) is 38.2 Å². The topological polar surface area (TPSA) is 55.7 Å². The van der Waals surface area contributed by atoms with E-state index in [0.29, 0.717) is 23.7 Å². The molecule has 2 aromatic carbocycles. The van der Waals surface area contributed by atoms with Crippen LogP contribution in [0.3, 0.4) is 0 Å². The van der Waals surface area contributed by atoms with E-state index in [-0.39, 0.29) is 12.1 Å². The van der Waals surface area contributed by atoms with Crippen LogP contribution in [0.4, 0.5) is 10.5 Å². The Bertz CT molecular complexity index is 1470. The Balaban J connectivity index is 1.47. The van der Waals surface area contributed by atoms with Crippen molar-refractivity contribution in [3.8, 4) is 16.5 Å². The van der Waals surface area contributed by atoms with Crippen molar-refractivity contribution < 1.29 is 14.3 Å². The van der Waals surface area contributed by atoms with Gasteiger partial charge in [0, 0.05) is 27.6 Å². The van der Waals surface area contributed by atoms with Crippen molar-refractivity contribution in [2.75, 3.05) is 25.8 Å². The number of thioether (sulfide) groups is 1. The Morgan fingerprint density at radius 1 is 1.03 bits per heavy atom. The number of nitrogens with zero attached hydrogens (tertiary/aromatic N) is 2. The molecular weight excluding hydrogens is 514 g/mol. The summed E-state index contributed by atoms with van der Waals surface area (Å²) in [5.41, 5.74) is 5.51. The number of urea groups is 1. The lowest BCUT2D eigenvalue weighted by Gasteiger charge is -2.31. The summed E-state index contributed by atoms with van der Waals surface area (Å²) in [6.07, 6.45) is 8.85. The molecule has 1 aliphatic carbocycles. The van der Waals surface area contributed by atoms with Crippen LogP contribution in [0.5, 0.6) is 11.5 Å². The number of aryl methyl sites for hydroxylation is 1. The molecule has 2 aliphatic rings. The Morgan fingerprint density at radius 2 is 1.84 bits per heavy atom. The normalized spacial score (nSPS) is 16.2. The van der Waals surface area contributed by atoms with Crippen LogP contribution in [0.2, 0.25) is 0 Å². The fourth-order valence-corrected chi connectivity index (χ4v) is 7.42. The lowest BCUT2D eigenvalue weighted by Crippen LogP contribution is -2.38. The number of nitrogens with one attached hydrogen (secondary N) is 1. The summed E-state index contributed by atoms with van der Waals surface area (Å²) in [5.74, 6) is 1.24. The highest BCUT2D eigenvalue weighted by molar-refractivity contribution is 7.98. The third-order valence-electron chi connectivity index (χ3n) is 7.52. The molecule has 4 aromatic rings. The van der Waals surface area contributed by atoms with Gasteiger partial charge in [0.15, 0.2) is 0 Å². The third-order valence-corrected chi connectivity index (χ3v) is 9.60. The Labute approximate surface area is 231 Å². The van der Waals surface area contributed by atoms with Crippen molar-refractivity contribution in [1.29, 1.82) is 0 Å². The van der Waals surface area contributed by atoms with Crippen LogP contribution in [0, 0.1) is 0 Å². The third kappa shape index (κ3) is 4.35. The van der Waals surface area contributed by atoms with Gasteiger partial charge in [-0.25, -0.2) is 4.79 Å². The number of benzene rings is 2. The maximum Gasteiger partial charge on any atom is 0.323 e. The average molecular weight is 546 g/mol. The zero-order chi connectivity index (χ0) is 26.2. The van der Waals surface area contributed by atoms with E-state index in [4.69, 9.17) is 9.47 Å². The van der Waals surface area contributed by atoms with Crippen LogP contribution in [-0.2, 0) is 19.4 Å². The highest BCUT2D eigenvalue weighted by atomic mass is 32.2. The second kappa shape index (κ2) is 10.4. The number of methoxy groups -OCH3 is 2. The van der Waals surface area contributed by atoms with Gasteiger partial charge in [-0.05, 0) is 79.5 Å². The minimum Gasteiger partial charge on any atom is -0.497 e. The average Bonchev–Trinajstić information content (AvgIpc) is 3.55. The molecule has 196 valence electrons. The van der Waals surface area contributed by atoms with Crippen molar-refractivity contribution in [2.45, 2.75) is 43.2 Å². The molecule has 8 heteroatoms. The number of thiophene rings is 1. The van der Waals surface area contributed by atoms with Crippen LogP contribution in [0.15, 0.2) is 65.7 Å². The molecule has 2 aromatic heterocycles. The van der Waals surface area contributed by atoms with E-state index in [0.717, 1.165) is 24.1 Å². The summed E-state index contributed by atoms with van der Waals surface area (Å²) in [4.78, 5) is 18.9. The second-order valence-corrected chi connectivity index (χ2v) is 11.6. The maximum absolute atomic E-state index is 14.2. The number of aromatic nitrogens is 1. The maximum atomic E-state index is 14.2. The van der Waals surface area contributed by atoms with Gasteiger partial charge in [0.25, 0.3) is 0 Å². The van der Waals surface area contributed by atoms with Crippen molar-refractivity contribution >= 4 is 34.8 Å². The molecule has 0 radical (unpaired) electrons. The fraction of sp³-hybridized carbons (Fsp3) is 0.300. The molecule has 38 heavy (non-hydrogen) atoms. The number of hydrogen-bond acceptors (Lipinski definition) is 5. The van der Waals surface area contributed by atoms with Crippen LogP contribution in [0.1, 0.15) is 46.1 Å². The molecule has 0 saturated carbocycles. The second-order valence-electron chi connectivity index (χ2n) is 9.60. The molecule has 1 atom stereocenters. The van der Waals surface area contributed by atoms with Crippen LogP contribution >= 0.6 is 23.1 Å². The Kier molecular flexibility index (Phi) is 6.84. The molecule has 6 rings (SSSR count). The van der Waals surface area contributed by atoms with E-state index in [1.807, 2.05) is 28.4 Å². The van der Waals surface area contributed by atoms with Crippen LogP contribution in [0.25, 0.3) is 5.00 Å². The number of ether oxygens (including phenoxy) is 2. The first kappa shape index (κ1) is 24.9. The molecule has 0 saturated heterocycles. The van der Waals surface area contributed by atoms with Crippen LogP contribution in [-0.4, -0.2) is 36.0 Å². The minimum absolute atomic E-state index is 0.163. The summed E-state index contributed by atoms with van der Waals surface area (Å²) in [5, 5.41) is 4.41. The number of amides is 2. The quantitative estimate of drug-likeness (QED) is 0.268. The lowest BCUT2D eigenvalue weighted by atomic mass is 9.95. The zero-order valence-corrected chi connectivity index (χ0v) is 23.5. The summed E-state index contributed by atoms with van der Waals surface area (Å²) in [6, 6.07) is 17.9. The molecule has 1 N–H and O–H groups in total. The van der Waals surface area contributed by atoms with Crippen molar-refractivity contribution in [3.63, 3.8) is 0 Å². The molecular formula is C30H31N3O3S2. The van der Waals surface area contributed by atoms with Gasteiger partial charge < -0.3 is 24.3 Å². The highest BCUT2D eigenvalue weighted by Gasteiger charge is 2.36. The van der Waals surface area contributed by atoms with E-state index in [1.165, 1.54) is 38.7 Å². The monoisotopic (exact) mass is 545 g/mol. The summed E-state index contributed by atoms with van der Waals surface area (Å²) in [7, 11) is 3.22. The molecule has 3 heterocycles. The van der Waals surface area contributed by atoms with Gasteiger partial charge in [0.1, 0.15) is 16.5 Å². The standard InChI is InChI=1S/C30H31N3O3S2/c1-35-20-12-15-24(26(17-20)36-2)31-30(34)33-18-23-22-7-4-5-9-27(22)38-29(23)32-16-6-8-25(32)28(33)19-10-13-21(37-3)14-11-19/h6,8,10-17,28H,4-5,7,9,18H2,1-3H3,(H,31,34). The van der Waals surface area contributed by atoms with E-state index in [1.54, 1.807) is 32.0 Å². The first-order valence-corrected chi connectivity index (χ1v) is 14.9. The Morgan fingerprint density at radius 3 is 2.61 bits per heavy atom. The largest absolute Gasteiger partial charge is 0.497 e. The molecule has 0 fully saturated rings. The van der Waals surface area contributed by atoms with Gasteiger partial charge in [-0.1, -0.05) is 12.1 Å². The van der Waals surface area contributed by atoms with Crippen molar-refractivity contribution in [2.24, 2.45) is 0 Å². The first-order chi connectivity index (χ1) is 18.6. The number of rotatable bonds is 5. The predicted octanol–water partition coefficient (Wildman–Crippen LogP) is 7.29. The van der Waals surface area contributed by atoms with Crippen LogP contribution < -0.4 is 14.8 Å². The first-order valence-electron chi connectivity index (χ1n) is 12.9. The highest BCUT2D eigenvalue weighted by Crippen LogP contribution is 2.44. The predicted molar refractivity (Wildman–Crippen MR) is 154 cm³/mol. The molecule has 1 aliphatic heterocycles. The molecule has 0 spiro atoms. The Hall–Kier alpha value is -3.36. The SMILES string of the molecule is COc1ccc(NC(=O)N2Cc3c(sc4c3CCCC4)-n3cccc3C2c2ccc(SC)cc2)c(OC)c1. The molecule has 1 unspecified atom stereocenters. The van der Waals surface area contributed by atoms with Gasteiger partial charge in [-0.15, -0.1) is 23.1 Å². The minimum atomic E-state index is -0.246. The van der Waals surface area contributed by atoms with Gasteiger partial charge in [-0.3, -0.25) is 0 Å². The molecule has 6 nitrogen and oxygen atoms in total. The molecule has 2 amide bonds.